The van der Waals surface area contributed by atoms with Gasteiger partial charge >= 0.3 is 0 Å². The third-order valence-electron chi connectivity index (χ3n) is 5.97. The van der Waals surface area contributed by atoms with Crippen LogP contribution in [0.3, 0.4) is 0 Å². The quantitative estimate of drug-likeness (QED) is 0.675. The zero-order valence-corrected chi connectivity index (χ0v) is 12.9. The van der Waals surface area contributed by atoms with Gasteiger partial charge in [0.1, 0.15) is 5.54 Å². The molecule has 3 unspecified atom stereocenters. The minimum absolute atomic E-state index is 0.583. The molecule has 3 heterocycles. The van der Waals surface area contributed by atoms with Gasteiger partial charge in [-0.05, 0) is 39.8 Å². The molecular formula is C16H33N2+. The highest BCUT2D eigenvalue weighted by atomic mass is 15.3. The van der Waals surface area contributed by atoms with Crippen molar-refractivity contribution in [3.05, 3.63) is 0 Å². The smallest absolute Gasteiger partial charge is 0.106 e. The fourth-order valence-corrected chi connectivity index (χ4v) is 4.30. The van der Waals surface area contributed by atoms with E-state index in [9.17, 15) is 0 Å². The molecule has 0 bridgehead atoms. The topological polar surface area (TPSA) is 16.5 Å². The Balaban J connectivity index is 0.000000149. The van der Waals surface area contributed by atoms with E-state index in [-0.39, 0.29) is 0 Å². The molecule has 3 aliphatic rings. The van der Waals surface area contributed by atoms with E-state index in [1.807, 2.05) is 4.90 Å². The van der Waals surface area contributed by atoms with E-state index >= 15 is 0 Å². The van der Waals surface area contributed by atoms with Crippen molar-refractivity contribution in [2.24, 2.45) is 5.41 Å². The minimum atomic E-state index is 0.583. The van der Waals surface area contributed by atoms with Crippen LogP contribution < -0.4 is 10.2 Å². The first-order chi connectivity index (χ1) is 8.47. The van der Waals surface area contributed by atoms with Gasteiger partial charge in [-0.15, -0.1) is 0 Å². The number of nitrogens with one attached hydrogen (secondary N) is 2. The summed E-state index contributed by atoms with van der Waals surface area (Å²) >= 11 is 0. The highest BCUT2D eigenvalue weighted by molar-refractivity contribution is 5.00. The molecule has 2 nitrogen and oxygen atoms in total. The molecule has 106 valence electrons. The van der Waals surface area contributed by atoms with Crippen LogP contribution in [0.25, 0.3) is 0 Å². The van der Waals surface area contributed by atoms with Crippen molar-refractivity contribution in [1.82, 2.24) is 5.32 Å². The summed E-state index contributed by atoms with van der Waals surface area (Å²) in [5.74, 6) is 0. The van der Waals surface area contributed by atoms with Crippen molar-refractivity contribution in [3.63, 3.8) is 0 Å². The summed E-state index contributed by atoms with van der Waals surface area (Å²) in [6, 6.07) is 0.906. The summed E-state index contributed by atoms with van der Waals surface area (Å²) in [6.45, 7) is 13.7. The standard InChI is InChI=1S/C10H19N.C6H13N/c1-8-7-9(2,3)10(4)5-6-11(8)10;1-2-4-6-7-5-3-1/h8H,5-7H2,1-4H3;7H,1-6H2/p+1. The Labute approximate surface area is 114 Å². The largest absolute Gasteiger partial charge is 0.327 e. The summed E-state index contributed by atoms with van der Waals surface area (Å²) in [5, 5.41) is 3.35. The summed E-state index contributed by atoms with van der Waals surface area (Å²) in [6.07, 6.45) is 8.51. The molecule has 3 aliphatic heterocycles. The van der Waals surface area contributed by atoms with E-state index in [0.29, 0.717) is 11.0 Å². The number of quaternary nitrogens is 1. The lowest BCUT2D eigenvalue weighted by Gasteiger charge is -2.49. The predicted molar refractivity (Wildman–Crippen MR) is 78.0 cm³/mol. The second-order valence-electron chi connectivity index (χ2n) is 7.51. The average molecular weight is 253 g/mol. The van der Waals surface area contributed by atoms with Crippen LogP contribution in [0, 0.1) is 5.41 Å². The minimum Gasteiger partial charge on any atom is -0.327 e. The van der Waals surface area contributed by atoms with Crippen LogP contribution in [0.15, 0.2) is 0 Å². The first kappa shape index (κ1) is 14.3. The SMILES string of the molecule is C1CCCNCC1.CC1CC(C)(C)C2(C)CC[NH+]12. The zero-order chi connectivity index (χ0) is 13.2. The zero-order valence-electron chi connectivity index (χ0n) is 12.9. The number of rotatable bonds is 0. The lowest BCUT2D eigenvalue weighted by atomic mass is 9.69. The Morgan fingerprint density at radius 3 is 1.94 bits per heavy atom. The third-order valence-corrected chi connectivity index (χ3v) is 5.97. The Morgan fingerprint density at radius 1 is 1.00 bits per heavy atom. The van der Waals surface area contributed by atoms with Crippen molar-refractivity contribution in [2.45, 2.75) is 77.8 Å². The number of hydrogen-bond acceptors (Lipinski definition) is 1. The van der Waals surface area contributed by atoms with Crippen LogP contribution in [-0.4, -0.2) is 31.2 Å². The Morgan fingerprint density at radius 2 is 1.61 bits per heavy atom. The van der Waals surface area contributed by atoms with Gasteiger partial charge in [0.2, 0.25) is 0 Å². The molecule has 2 N–H and O–H groups in total. The van der Waals surface area contributed by atoms with E-state index in [1.54, 1.807) is 0 Å². The van der Waals surface area contributed by atoms with Gasteiger partial charge in [-0.2, -0.15) is 0 Å². The lowest BCUT2D eigenvalue weighted by molar-refractivity contribution is -1.00. The van der Waals surface area contributed by atoms with Crippen molar-refractivity contribution >= 4 is 0 Å². The van der Waals surface area contributed by atoms with E-state index in [2.05, 4.69) is 33.0 Å². The van der Waals surface area contributed by atoms with E-state index < -0.39 is 0 Å². The Kier molecular flexibility index (Phi) is 4.38. The maximum Gasteiger partial charge on any atom is 0.106 e. The van der Waals surface area contributed by atoms with Gasteiger partial charge in [-0.25, -0.2) is 0 Å². The molecule has 0 aromatic rings. The highest BCUT2D eigenvalue weighted by Crippen LogP contribution is 2.43. The number of fused-ring (bicyclic) bond motifs is 1. The van der Waals surface area contributed by atoms with E-state index in [1.165, 1.54) is 58.2 Å². The van der Waals surface area contributed by atoms with Gasteiger partial charge in [0.25, 0.3) is 0 Å². The molecule has 2 heteroatoms. The molecule has 0 aromatic carbocycles. The molecular weight excluding hydrogens is 220 g/mol. The van der Waals surface area contributed by atoms with Crippen molar-refractivity contribution in [1.29, 1.82) is 0 Å². The van der Waals surface area contributed by atoms with Gasteiger partial charge in [-0.3, -0.25) is 0 Å². The molecule has 3 saturated heterocycles. The molecule has 0 amide bonds. The normalized spacial score (nSPS) is 42.0. The fraction of sp³-hybridized carbons (Fsp3) is 1.00. The Hall–Kier alpha value is -0.0800. The monoisotopic (exact) mass is 253 g/mol. The van der Waals surface area contributed by atoms with Crippen molar-refractivity contribution < 1.29 is 4.90 Å². The van der Waals surface area contributed by atoms with Gasteiger partial charge in [-0.1, -0.05) is 26.7 Å². The van der Waals surface area contributed by atoms with Crippen LogP contribution in [0.5, 0.6) is 0 Å². The van der Waals surface area contributed by atoms with Crippen LogP contribution >= 0.6 is 0 Å². The Bertz CT molecular complexity index is 255. The molecule has 0 spiro atoms. The molecule has 18 heavy (non-hydrogen) atoms. The number of hydrogen-bond donors (Lipinski definition) is 2. The summed E-state index contributed by atoms with van der Waals surface area (Å²) in [4.78, 5) is 1.86. The predicted octanol–water partition coefficient (Wildman–Crippen LogP) is 2.00. The van der Waals surface area contributed by atoms with Gasteiger partial charge < -0.3 is 10.2 Å². The van der Waals surface area contributed by atoms with E-state index in [0.717, 1.165) is 6.04 Å². The average Bonchev–Trinajstić information content (AvgIpc) is 2.55. The summed E-state index contributed by atoms with van der Waals surface area (Å²) < 4.78 is 0. The van der Waals surface area contributed by atoms with Crippen LogP contribution in [0.4, 0.5) is 0 Å². The van der Waals surface area contributed by atoms with Crippen LogP contribution in [-0.2, 0) is 0 Å². The molecule has 3 fully saturated rings. The summed E-state index contributed by atoms with van der Waals surface area (Å²) in [5.41, 5.74) is 1.20. The second kappa shape index (κ2) is 5.50. The fourth-order valence-electron chi connectivity index (χ4n) is 4.30. The second-order valence-corrected chi connectivity index (χ2v) is 7.51. The molecule has 3 rings (SSSR count). The summed E-state index contributed by atoms with van der Waals surface area (Å²) in [7, 11) is 0. The van der Waals surface area contributed by atoms with E-state index in [4.69, 9.17) is 0 Å². The molecule has 3 atom stereocenters. The molecule has 0 aliphatic carbocycles. The lowest BCUT2D eigenvalue weighted by Crippen LogP contribution is -3.27. The van der Waals surface area contributed by atoms with Gasteiger partial charge in [0, 0.05) is 11.8 Å². The first-order valence-electron chi connectivity index (χ1n) is 8.04. The molecule has 0 saturated carbocycles. The third kappa shape index (κ3) is 2.60. The van der Waals surface area contributed by atoms with Crippen molar-refractivity contribution in [2.75, 3.05) is 19.6 Å². The molecule has 0 aromatic heterocycles. The first-order valence-corrected chi connectivity index (χ1v) is 8.04. The van der Waals surface area contributed by atoms with Gasteiger partial charge in [0.05, 0.1) is 19.0 Å². The molecule has 0 radical (unpaired) electrons. The maximum atomic E-state index is 3.35. The van der Waals surface area contributed by atoms with Crippen LogP contribution in [0.1, 0.15) is 66.2 Å². The van der Waals surface area contributed by atoms with Gasteiger partial charge in [0.15, 0.2) is 0 Å². The van der Waals surface area contributed by atoms with Crippen LogP contribution in [0.2, 0.25) is 0 Å². The highest BCUT2D eigenvalue weighted by Gasteiger charge is 2.63. The van der Waals surface area contributed by atoms with Crippen molar-refractivity contribution in [3.8, 4) is 0 Å². The maximum absolute atomic E-state index is 3.35.